The predicted molar refractivity (Wildman–Crippen MR) is 78.5 cm³/mol. The Morgan fingerprint density at radius 3 is 2.58 bits per heavy atom. The molecule has 106 valence electrons. The van der Waals surface area contributed by atoms with Gasteiger partial charge in [0.2, 0.25) is 0 Å². The van der Waals surface area contributed by atoms with Gasteiger partial charge in [-0.1, -0.05) is 6.92 Å². The number of carbonyl (C=O) groups excluding carboxylic acids is 1. The zero-order valence-corrected chi connectivity index (χ0v) is 13.0. The van der Waals surface area contributed by atoms with E-state index < -0.39 is 0 Å². The molecule has 19 heavy (non-hydrogen) atoms. The summed E-state index contributed by atoms with van der Waals surface area (Å²) in [6.07, 6.45) is 2.22. The number of rotatable bonds is 2. The molecule has 0 spiro atoms. The number of urea groups is 1. The Bertz CT molecular complexity index is 450. The molecule has 5 heteroatoms. The summed E-state index contributed by atoms with van der Waals surface area (Å²) in [6.45, 7) is 10.0. The number of amides is 2. The number of carbonyl (C=O) groups is 1. The molecule has 1 atom stereocenters. The summed E-state index contributed by atoms with van der Waals surface area (Å²) in [6, 6.07) is 0.0999. The maximum Gasteiger partial charge on any atom is 0.317 e. The molecule has 2 heterocycles. The molecule has 1 aromatic rings. The summed E-state index contributed by atoms with van der Waals surface area (Å²) in [5.41, 5.74) is 1.03. The number of nitrogens with zero attached hydrogens (tertiary/aromatic N) is 2. The zero-order chi connectivity index (χ0) is 14.0. The number of likely N-dealkylation sites (tertiary alicyclic amines) is 1. The molecule has 1 aliphatic rings. The van der Waals surface area contributed by atoms with Gasteiger partial charge >= 0.3 is 6.03 Å². The summed E-state index contributed by atoms with van der Waals surface area (Å²) in [7, 11) is 0. The van der Waals surface area contributed by atoms with E-state index in [4.69, 9.17) is 0 Å². The largest absolute Gasteiger partial charge is 0.331 e. The number of piperidine rings is 1. The van der Waals surface area contributed by atoms with Crippen LogP contribution in [0.2, 0.25) is 0 Å². The third-order valence-electron chi connectivity index (χ3n) is 3.74. The lowest BCUT2D eigenvalue weighted by molar-refractivity contribution is 0.171. The molecule has 1 N–H and O–H groups in total. The molecule has 0 aliphatic carbocycles. The highest BCUT2D eigenvalue weighted by Gasteiger charge is 2.22. The molecule has 1 unspecified atom stereocenters. The molecule has 1 aliphatic heterocycles. The molecule has 1 saturated heterocycles. The van der Waals surface area contributed by atoms with Crippen molar-refractivity contribution in [2.45, 2.75) is 46.6 Å². The normalized spacial score (nSPS) is 18.4. The molecular formula is C14H23N3OS. The quantitative estimate of drug-likeness (QED) is 0.904. The van der Waals surface area contributed by atoms with E-state index in [9.17, 15) is 4.79 Å². The molecule has 1 aromatic heterocycles. The Kier molecular flexibility index (Phi) is 4.45. The molecule has 0 saturated carbocycles. The topological polar surface area (TPSA) is 45.2 Å². The summed E-state index contributed by atoms with van der Waals surface area (Å²) in [4.78, 5) is 19.7. The average molecular weight is 281 g/mol. The predicted octanol–water partition coefficient (Wildman–Crippen LogP) is 3.26. The van der Waals surface area contributed by atoms with Crippen LogP contribution >= 0.6 is 11.3 Å². The van der Waals surface area contributed by atoms with Crippen LogP contribution in [-0.4, -0.2) is 29.0 Å². The standard InChI is InChI=1S/C14H23N3OS/c1-9-5-7-17(8-6-9)14(18)16-11(3)13-10(2)15-12(4)19-13/h9,11H,5-8H2,1-4H3,(H,16,18). The van der Waals surface area contributed by atoms with Gasteiger partial charge in [0.1, 0.15) is 0 Å². The van der Waals surface area contributed by atoms with Gasteiger partial charge in [0.25, 0.3) is 0 Å². The fourth-order valence-electron chi connectivity index (χ4n) is 2.50. The number of nitrogens with one attached hydrogen (secondary N) is 1. The van der Waals surface area contributed by atoms with E-state index in [1.807, 2.05) is 25.7 Å². The van der Waals surface area contributed by atoms with Gasteiger partial charge in [0, 0.05) is 18.0 Å². The molecule has 0 aromatic carbocycles. The molecule has 1 fully saturated rings. The van der Waals surface area contributed by atoms with Gasteiger partial charge in [-0.25, -0.2) is 9.78 Å². The van der Waals surface area contributed by atoms with Crippen molar-refractivity contribution >= 4 is 17.4 Å². The second-order valence-corrected chi connectivity index (χ2v) is 6.76. The van der Waals surface area contributed by atoms with Gasteiger partial charge < -0.3 is 10.2 Å². The third kappa shape index (κ3) is 3.47. The van der Waals surface area contributed by atoms with Crippen molar-refractivity contribution < 1.29 is 4.79 Å². The van der Waals surface area contributed by atoms with Gasteiger partial charge in [-0.15, -0.1) is 11.3 Å². The van der Waals surface area contributed by atoms with E-state index in [0.29, 0.717) is 0 Å². The van der Waals surface area contributed by atoms with Gasteiger partial charge in [0.15, 0.2) is 0 Å². The Labute approximate surface area is 119 Å². The third-order valence-corrected chi connectivity index (χ3v) is 5.00. The van der Waals surface area contributed by atoms with E-state index in [0.717, 1.165) is 47.4 Å². The number of hydrogen-bond acceptors (Lipinski definition) is 3. The van der Waals surface area contributed by atoms with Gasteiger partial charge in [-0.2, -0.15) is 0 Å². The van der Waals surface area contributed by atoms with Gasteiger partial charge in [0.05, 0.1) is 16.7 Å². The van der Waals surface area contributed by atoms with Crippen molar-refractivity contribution in [3.63, 3.8) is 0 Å². The summed E-state index contributed by atoms with van der Waals surface area (Å²) in [5.74, 6) is 0.743. The first kappa shape index (κ1) is 14.3. The zero-order valence-electron chi connectivity index (χ0n) is 12.2. The highest BCUT2D eigenvalue weighted by atomic mass is 32.1. The van der Waals surface area contributed by atoms with E-state index >= 15 is 0 Å². The van der Waals surface area contributed by atoms with Crippen molar-refractivity contribution in [2.75, 3.05) is 13.1 Å². The van der Waals surface area contributed by atoms with Crippen LogP contribution in [0.15, 0.2) is 0 Å². The number of hydrogen-bond donors (Lipinski definition) is 1. The fraction of sp³-hybridized carbons (Fsp3) is 0.714. The van der Waals surface area contributed by atoms with Crippen LogP contribution in [0.1, 0.15) is 48.3 Å². The smallest absolute Gasteiger partial charge is 0.317 e. The van der Waals surface area contributed by atoms with Crippen LogP contribution in [-0.2, 0) is 0 Å². The maximum atomic E-state index is 12.2. The summed E-state index contributed by atoms with van der Waals surface area (Å²) in [5, 5.41) is 4.15. The van der Waals surface area contributed by atoms with Gasteiger partial charge in [-0.3, -0.25) is 0 Å². The summed E-state index contributed by atoms with van der Waals surface area (Å²) >= 11 is 1.67. The Hall–Kier alpha value is -1.10. The first-order valence-corrected chi connectivity index (χ1v) is 7.78. The van der Waals surface area contributed by atoms with Crippen molar-refractivity contribution in [2.24, 2.45) is 5.92 Å². The second-order valence-electron chi connectivity index (χ2n) is 5.52. The SMILES string of the molecule is Cc1nc(C)c(C(C)NC(=O)N2CCC(C)CC2)s1. The van der Waals surface area contributed by atoms with Crippen molar-refractivity contribution in [1.82, 2.24) is 15.2 Å². The molecular weight excluding hydrogens is 258 g/mol. The Morgan fingerprint density at radius 2 is 2.05 bits per heavy atom. The highest BCUT2D eigenvalue weighted by molar-refractivity contribution is 7.11. The molecule has 0 bridgehead atoms. The average Bonchev–Trinajstić information content (AvgIpc) is 2.69. The molecule has 2 rings (SSSR count). The van der Waals surface area contributed by atoms with E-state index in [1.165, 1.54) is 0 Å². The fourth-order valence-corrected chi connectivity index (χ4v) is 3.43. The number of thiazole rings is 1. The van der Waals surface area contributed by atoms with Crippen LogP contribution in [0, 0.1) is 19.8 Å². The molecule has 0 radical (unpaired) electrons. The lowest BCUT2D eigenvalue weighted by Gasteiger charge is -2.31. The Morgan fingerprint density at radius 1 is 1.42 bits per heavy atom. The minimum Gasteiger partial charge on any atom is -0.331 e. The van der Waals surface area contributed by atoms with Crippen molar-refractivity contribution in [3.8, 4) is 0 Å². The van der Waals surface area contributed by atoms with Crippen LogP contribution in [0.4, 0.5) is 4.79 Å². The van der Waals surface area contributed by atoms with Crippen LogP contribution in [0.5, 0.6) is 0 Å². The lowest BCUT2D eigenvalue weighted by Crippen LogP contribution is -2.44. The Balaban J connectivity index is 1.93. The van der Waals surface area contributed by atoms with E-state index in [2.05, 4.69) is 17.2 Å². The minimum absolute atomic E-state index is 0.0399. The van der Waals surface area contributed by atoms with Crippen molar-refractivity contribution in [1.29, 1.82) is 0 Å². The maximum absolute atomic E-state index is 12.2. The molecule has 4 nitrogen and oxygen atoms in total. The summed E-state index contributed by atoms with van der Waals surface area (Å²) < 4.78 is 0. The molecule has 2 amide bonds. The second kappa shape index (κ2) is 5.90. The van der Waals surface area contributed by atoms with Crippen LogP contribution in [0.3, 0.4) is 0 Å². The number of aryl methyl sites for hydroxylation is 2. The van der Waals surface area contributed by atoms with E-state index in [-0.39, 0.29) is 12.1 Å². The minimum atomic E-state index is 0.0399. The first-order valence-electron chi connectivity index (χ1n) is 6.96. The van der Waals surface area contributed by atoms with E-state index in [1.54, 1.807) is 11.3 Å². The highest BCUT2D eigenvalue weighted by Crippen LogP contribution is 2.25. The van der Waals surface area contributed by atoms with Crippen molar-refractivity contribution in [3.05, 3.63) is 15.6 Å². The van der Waals surface area contributed by atoms with Crippen LogP contribution < -0.4 is 5.32 Å². The number of aromatic nitrogens is 1. The van der Waals surface area contributed by atoms with Gasteiger partial charge in [-0.05, 0) is 39.5 Å². The first-order chi connectivity index (χ1) is 8.97. The lowest BCUT2D eigenvalue weighted by atomic mass is 10.00. The van der Waals surface area contributed by atoms with Crippen LogP contribution in [0.25, 0.3) is 0 Å². The monoisotopic (exact) mass is 281 g/mol.